The zero-order valence-corrected chi connectivity index (χ0v) is 9.91. The third kappa shape index (κ3) is 2.48. The number of nitrogens with one attached hydrogen (secondary N) is 1. The highest BCUT2D eigenvalue weighted by molar-refractivity contribution is 6.04. The molecule has 0 unspecified atom stereocenters. The van der Waals surface area contributed by atoms with E-state index in [1.807, 2.05) is 0 Å². The van der Waals surface area contributed by atoms with Crippen molar-refractivity contribution in [2.24, 2.45) is 0 Å². The van der Waals surface area contributed by atoms with Gasteiger partial charge in [-0.2, -0.15) is 0 Å². The van der Waals surface area contributed by atoms with Crippen molar-refractivity contribution in [3.8, 4) is 0 Å². The zero-order chi connectivity index (χ0) is 13.1. The Balaban J connectivity index is 2.25. The smallest absolute Gasteiger partial charge is 0.258 e. The van der Waals surface area contributed by atoms with Crippen LogP contribution in [0.2, 0.25) is 0 Å². The summed E-state index contributed by atoms with van der Waals surface area (Å²) in [6, 6.07) is 11.5. The number of anilines is 2. The molecular weight excluding hydrogens is 231 g/mol. The van der Waals surface area contributed by atoms with Crippen molar-refractivity contribution in [2.45, 2.75) is 6.92 Å². The molecule has 0 aromatic heterocycles. The molecule has 3 N–H and O–H groups in total. The van der Waals surface area contributed by atoms with Crippen LogP contribution in [0.3, 0.4) is 0 Å². The molecule has 0 heterocycles. The minimum absolute atomic E-state index is 0.0254. The molecule has 2 rings (SSSR count). The second-order valence-electron chi connectivity index (χ2n) is 4.02. The van der Waals surface area contributed by atoms with E-state index in [0.717, 1.165) is 0 Å². The van der Waals surface area contributed by atoms with Crippen LogP contribution in [0.5, 0.6) is 0 Å². The van der Waals surface area contributed by atoms with Gasteiger partial charge in [0.25, 0.3) is 5.91 Å². The van der Waals surface area contributed by atoms with Crippen molar-refractivity contribution in [3.63, 3.8) is 0 Å². The van der Waals surface area contributed by atoms with Crippen molar-refractivity contribution in [1.29, 1.82) is 0 Å². The molecule has 0 aliphatic heterocycles. The molecule has 4 heteroatoms. The molecule has 2 aromatic rings. The first-order chi connectivity index (χ1) is 8.58. The molecule has 0 atom stereocenters. The Labute approximate surface area is 104 Å². The molecule has 3 nitrogen and oxygen atoms in total. The monoisotopic (exact) mass is 244 g/mol. The van der Waals surface area contributed by atoms with Gasteiger partial charge in [0.1, 0.15) is 5.82 Å². The first kappa shape index (κ1) is 12.1. The Morgan fingerprint density at radius 1 is 1.22 bits per heavy atom. The van der Waals surface area contributed by atoms with E-state index >= 15 is 0 Å². The summed E-state index contributed by atoms with van der Waals surface area (Å²) in [5.41, 5.74) is 7.15. The number of carbonyl (C=O) groups is 1. The lowest BCUT2D eigenvalue weighted by molar-refractivity contribution is 0.102. The van der Waals surface area contributed by atoms with Crippen LogP contribution in [0.15, 0.2) is 42.5 Å². The number of nitrogen functional groups attached to an aromatic ring is 1. The highest BCUT2D eigenvalue weighted by Crippen LogP contribution is 2.16. The van der Waals surface area contributed by atoms with E-state index in [4.69, 9.17) is 5.73 Å². The Hall–Kier alpha value is -2.36. The quantitative estimate of drug-likeness (QED) is 0.798. The number of carbonyl (C=O) groups excluding carboxylic acids is 1. The molecule has 0 bridgehead atoms. The zero-order valence-electron chi connectivity index (χ0n) is 9.91. The fourth-order valence-corrected chi connectivity index (χ4v) is 1.64. The van der Waals surface area contributed by atoms with Crippen LogP contribution in [0.25, 0.3) is 0 Å². The summed E-state index contributed by atoms with van der Waals surface area (Å²) < 4.78 is 13.7. The van der Waals surface area contributed by atoms with Crippen LogP contribution in [0.1, 0.15) is 15.9 Å². The average Bonchev–Trinajstić information content (AvgIpc) is 2.32. The lowest BCUT2D eigenvalue weighted by Crippen LogP contribution is -2.14. The fraction of sp³-hybridized carbons (Fsp3) is 0.0714. The Bertz CT molecular complexity index is 596. The van der Waals surface area contributed by atoms with E-state index in [-0.39, 0.29) is 5.56 Å². The summed E-state index contributed by atoms with van der Waals surface area (Å²) in [7, 11) is 0. The maximum Gasteiger partial charge on any atom is 0.258 e. The Morgan fingerprint density at radius 2 is 1.94 bits per heavy atom. The van der Waals surface area contributed by atoms with Gasteiger partial charge < -0.3 is 11.1 Å². The molecule has 0 aliphatic carbocycles. The normalized spacial score (nSPS) is 10.1. The van der Waals surface area contributed by atoms with Gasteiger partial charge in [0, 0.05) is 11.4 Å². The van der Waals surface area contributed by atoms with Crippen molar-refractivity contribution >= 4 is 17.3 Å². The molecule has 0 spiro atoms. The fourth-order valence-electron chi connectivity index (χ4n) is 1.64. The Morgan fingerprint density at radius 3 is 2.67 bits per heavy atom. The first-order valence-corrected chi connectivity index (χ1v) is 5.50. The van der Waals surface area contributed by atoms with Gasteiger partial charge in [0.05, 0.1) is 5.56 Å². The van der Waals surface area contributed by atoms with Crippen LogP contribution in [0, 0.1) is 12.7 Å². The summed E-state index contributed by atoms with van der Waals surface area (Å²) in [5.74, 6) is -0.985. The number of nitrogens with two attached hydrogens (primary N) is 1. The first-order valence-electron chi connectivity index (χ1n) is 5.50. The van der Waals surface area contributed by atoms with E-state index in [2.05, 4.69) is 5.32 Å². The lowest BCUT2D eigenvalue weighted by atomic mass is 10.1. The van der Waals surface area contributed by atoms with Gasteiger partial charge in [-0.1, -0.05) is 18.2 Å². The number of hydrogen-bond donors (Lipinski definition) is 2. The van der Waals surface area contributed by atoms with Gasteiger partial charge in [0.15, 0.2) is 0 Å². The number of rotatable bonds is 2. The van der Waals surface area contributed by atoms with Crippen molar-refractivity contribution in [2.75, 3.05) is 11.1 Å². The maximum absolute atomic E-state index is 13.7. The van der Waals surface area contributed by atoms with Gasteiger partial charge in [-0.25, -0.2) is 4.39 Å². The van der Waals surface area contributed by atoms with Crippen molar-refractivity contribution in [1.82, 2.24) is 0 Å². The summed E-state index contributed by atoms with van der Waals surface area (Å²) >= 11 is 0. The third-order valence-electron chi connectivity index (χ3n) is 2.58. The van der Waals surface area contributed by atoms with Crippen LogP contribution in [0.4, 0.5) is 15.8 Å². The molecule has 2 aromatic carbocycles. The number of hydrogen-bond acceptors (Lipinski definition) is 2. The van der Waals surface area contributed by atoms with Gasteiger partial charge >= 0.3 is 0 Å². The highest BCUT2D eigenvalue weighted by Gasteiger charge is 2.13. The minimum Gasteiger partial charge on any atom is -0.399 e. The number of aryl methyl sites for hydroxylation is 1. The van der Waals surface area contributed by atoms with Crippen LogP contribution in [-0.4, -0.2) is 5.91 Å². The van der Waals surface area contributed by atoms with Crippen LogP contribution < -0.4 is 11.1 Å². The standard InChI is InChI=1S/C14H13FN2O/c1-9-4-2-7-12(13(9)15)14(18)17-11-6-3-5-10(16)8-11/h2-8H,16H2,1H3,(H,17,18). The molecule has 0 saturated heterocycles. The predicted molar refractivity (Wildman–Crippen MR) is 69.9 cm³/mol. The van der Waals surface area contributed by atoms with E-state index in [0.29, 0.717) is 16.9 Å². The maximum atomic E-state index is 13.7. The van der Waals surface area contributed by atoms with E-state index < -0.39 is 11.7 Å². The summed E-state index contributed by atoms with van der Waals surface area (Å²) in [6.07, 6.45) is 0. The molecule has 0 radical (unpaired) electrons. The van der Waals surface area contributed by atoms with E-state index in [1.165, 1.54) is 6.07 Å². The lowest BCUT2D eigenvalue weighted by Gasteiger charge is -2.07. The molecule has 18 heavy (non-hydrogen) atoms. The second kappa shape index (κ2) is 4.87. The van der Waals surface area contributed by atoms with Gasteiger partial charge in [-0.3, -0.25) is 4.79 Å². The molecule has 1 amide bonds. The largest absolute Gasteiger partial charge is 0.399 e. The molecule has 92 valence electrons. The number of amides is 1. The van der Waals surface area contributed by atoms with Crippen molar-refractivity contribution < 1.29 is 9.18 Å². The molecule has 0 fully saturated rings. The topological polar surface area (TPSA) is 55.1 Å². The van der Waals surface area contributed by atoms with E-state index in [1.54, 1.807) is 43.3 Å². The van der Waals surface area contributed by atoms with Gasteiger partial charge in [0.2, 0.25) is 0 Å². The van der Waals surface area contributed by atoms with Gasteiger partial charge in [-0.05, 0) is 36.8 Å². The van der Waals surface area contributed by atoms with Crippen LogP contribution in [-0.2, 0) is 0 Å². The number of halogens is 1. The third-order valence-corrected chi connectivity index (χ3v) is 2.58. The second-order valence-corrected chi connectivity index (χ2v) is 4.02. The van der Waals surface area contributed by atoms with E-state index in [9.17, 15) is 9.18 Å². The van der Waals surface area contributed by atoms with Crippen LogP contribution >= 0.6 is 0 Å². The van der Waals surface area contributed by atoms with Crippen molar-refractivity contribution in [3.05, 3.63) is 59.4 Å². The SMILES string of the molecule is Cc1cccc(C(=O)Nc2cccc(N)c2)c1F. The molecule has 0 aliphatic rings. The minimum atomic E-state index is -0.501. The number of benzene rings is 2. The van der Waals surface area contributed by atoms with Gasteiger partial charge in [-0.15, -0.1) is 0 Å². The summed E-state index contributed by atoms with van der Waals surface area (Å²) in [5, 5.41) is 2.61. The highest BCUT2D eigenvalue weighted by atomic mass is 19.1. The molecule has 0 saturated carbocycles. The summed E-state index contributed by atoms with van der Waals surface area (Å²) in [4.78, 5) is 11.9. The molecular formula is C14H13FN2O. The Kier molecular flexibility index (Phi) is 3.28. The predicted octanol–water partition coefficient (Wildman–Crippen LogP) is 2.97. The summed E-state index contributed by atoms with van der Waals surface area (Å²) in [6.45, 7) is 1.62. The average molecular weight is 244 g/mol.